The molecule has 4 aromatic carbocycles. The molecule has 0 bridgehead atoms. The molecule has 0 unspecified atom stereocenters. The van der Waals surface area contributed by atoms with Crippen molar-refractivity contribution < 1.29 is 59.3 Å². The molecule has 17 heteroatoms. The van der Waals surface area contributed by atoms with Gasteiger partial charge in [0.2, 0.25) is 11.8 Å². The summed E-state index contributed by atoms with van der Waals surface area (Å²) in [7, 11) is 0. The van der Waals surface area contributed by atoms with Gasteiger partial charge in [-0.25, -0.2) is 18.4 Å². The third kappa shape index (κ3) is 14.8. The zero-order valence-corrected chi connectivity index (χ0v) is 39.7. The maximum Gasteiger partial charge on any atom is 0.411 e. The van der Waals surface area contributed by atoms with Crippen LogP contribution in [0.15, 0.2) is 97.1 Å². The lowest BCUT2D eigenvalue weighted by Crippen LogP contribution is -2.65. The molecule has 68 heavy (non-hydrogen) atoms. The fourth-order valence-corrected chi connectivity index (χ4v) is 8.16. The number of aliphatic hydroxyl groups excluding tert-OH is 2. The van der Waals surface area contributed by atoms with Crippen molar-refractivity contribution in [2.24, 2.45) is 11.7 Å². The molecule has 2 fully saturated rings. The standard InChI is InChI=1S/C26H33FN2O5.C25H32FN3O5.H2/c1-17(12-19-13-20(27)15-21(30)14-19)23(31)22-24(32)28(16-18-8-6-5-7-9-18)10-11-29(22)25(33)34-26(2,3)4;1-25(2,3)34-24(33)29-10-9-28(15-16-7-5-4-6-8-16)23(32)21(29)22(31)20(27)13-17-11-18(26)14-19(30)12-17;/h5-9,13-15,17,22-23,30-31H,10-12,16H2,1-4H3;4-8,11-12,14,20-22,30-31H,9-10,13,15,27H2,1-3H3;1H/t17-,22-,23-;20-,21-,22-;/m00./s1. The van der Waals surface area contributed by atoms with Gasteiger partial charge in [-0.2, -0.15) is 0 Å². The highest BCUT2D eigenvalue weighted by molar-refractivity contribution is 5.88. The number of ether oxygens (including phenoxy) is 2. The Morgan fingerprint density at radius 3 is 1.40 bits per heavy atom. The lowest BCUT2D eigenvalue weighted by molar-refractivity contribution is -0.149. The minimum atomic E-state index is -1.45. The van der Waals surface area contributed by atoms with Crippen LogP contribution < -0.4 is 5.73 Å². The van der Waals surface area contributed by atoms with Crippen LogP contribution in [-0.2, 0) is 45.0 Å². The van der Waals surface area contributed by atoms with Crippen LogP contribution in [0.2, 0.25) is 0 Å². The summed E-state index contributed by atoms with van der Waals surface area (Å²) in [6.07, 6.45) is -3.89. The Morgan fingerprint density at radius 2 is 1.01 bits per heavy atom. The van der Waals surface area contributed by atoms with E-state index in [4.69, 9.17) is 15.2 Å². The summed E-state index contributed by atoms with van der Waals surface area (Å²) >= 11 is 0. The maximum absolute atomic E-state index is 13.7. The smallest absolute Gasteiger partial charge is 0.411 e. The summed E-state index contributed by atoms with van der Waals surface area (Å²) in [5.41, 5.74) is 7.37. The van der Waals surface area contributed by atoms with Crippen LogP contribution in [0.1, 0.15) is 72.1 Å². The second kappa shape index (κ2) is 22.7. The van der Waals surface area contributed by atoms with Gasteiger partial charge in [-0.1, -0.05) is 67.6 Å². The number of rotatable bonds is 12. The molecule has 4 aromatic rings. The van der Waals surface area contributed by atoms with Crippen molar-refractivity contribution in [3.05, 3.63) is 131 Å². The topological polar surface area (TPSA) is 207 Å². The SMILES string of the molecule is CC(C)(C)OC(=O)N1CCN(Cc2ccccc2)C(=O)[C@@H]1[C@@H](O)[C@@H](N)Cc1cc(O)cc(F)c1.C[C@@H](Cc1cc(O)cc(F)c1)[C@H](O)[C@H]1C(=O)N(Cc2ccccc2)CCN1C(=O)OC(C)(C)C.[HH]. The third-order valence-electron chi connectivity index (χ3n) is 11.3. The van der Waals surface area contributed by atoms with E-state index >= 15 is 0 Å². The van der Waals surface area contributed by atoms with Gasteiger partial charge in [-0.15, -0.1) is 0 Å². The zero-order valence-electron chi connectivity index (χ0n) is 39.7. The summed E-state index contributed by atoms with van der Waals surface area (Å²) in [6.45, 7) is 13.7. The van der Waals surface area contributed by atoms with Gasteiger partial charge in [-0.3, -0.25) is 19.4 Å². The number of amides is 4. The Labute approximate surface area is 398 Å². The molecule has 6 atom stereocenters. The molecule has 6 rings (SSSR count). The van der Waals surface area contributed by atoms with Crippen LogP contribution in [0.25, 0.3) is 0 Å². The highest BCUT2D eigenvalue weighted by Gasteiger charge is 2.46. The van der Waals surface area contributed by atoms with Crippen LogP contribution in [0.5, 0.6) is 11.5 Å². The predicted molar refractivity (Wildman–Crippen MR) is 252 cm³/mol. The lowest BCUT2D eigenvalue weighted by atomic mass is 9.89. The van der Waals surface area contributed by atoms with Crippen molar-refractivity contribution >= 4 is 24.0 Å². The van der Waals surface area contributed by atoms with Gasteiger partial charge in [0, 0.05) is 58.9 Å². The van der Waals surface area contributed by atoms with Crippen molar-refractivity contribution in [3.63, 3.8) is 0 Å². The van der Waals surface area contributed by atoms with Crippen LogP contribution in [0, 0.1) is 17.6 Å². The van der Waals surface area contributed by atoms with E-state index in [1.54, 1.807) is 58.3 Å². The second-order valence-electron chi connectivity index (χ2n) is 19.4. The van der Waals surface area contributed by atoms with Gasteiger partial charge in [0.1, 0.15) is 46.4 Å². The van der Waals surface area contributed by atoms with Gasteiger partial charge < -0.3 is 45.4 Å². The van der Waals surface area contributed by atoms with Gasteiger partial charge >= 0.3 is 12.2 Å². The van der Waals surface area contributed by atoms with E-state index in [0.717, 1.165) is 23.3 Å². The molecular formula is C51H67F2N5O10. The lowest BCUT2D eigenvalue weighted by Gasteiger charge is -2.43. The van der Waals surface area contributed by atoms with Crippen LogP contribution >= 0.6 is 0 Å². The average molecular weight is 948 g/mol. The minimum Gasteiger partial charge on any atom is -0.508 e. The Bertz CT molecular complexity index is 2150. The summed E-state index contributed by atoms with van der Waals surface area (Å²) in [6, 6.07) is 22.6. The van der Waals surface area contributed by atoms with Crippen molar-refractivity contribution in [2.45, 2.75) is 116 Å². The molecule has 0 radical (unpaired) electrons. The molecule has 2 aliphatic heterocycles. The van der Waals surface area contributed by atoms with Gasteiger partial charge in [0.05, 0.1) is 12.2 Å². The monoisotopic (exact) mass is 947 g/mol. The van der Waals surface area contributed by atoms with E-state index in [9.17, 15) is 48.4 Å². The molecule has 4 amide bonds. The first-order valence-corrected chi connectivity index (χ1v) is 22.6. The van der Waals surface area contributed by atoms with Crippen molar-refractivity contribution in [1.29, 1.82) is 0 Å². The largest absolute Gasteiger partial charge is 0.508 e. The molecule has 0 aliphatic carbocycles. The minimum absolute atomic E-state index is 0. The number of benzene rings is 4. The molecule has 2 aliphatic rings. The molecule has 2 heterocycles. The van der Waals surface area contributed by atoms with Crippen LogP contribution in [0.4, 0.5) is 18.4 Å². The molecule has 370 valence electrons. The molecular weight excluding hydrogens is 881 g/mol. The number of phenols is 2. The molecule has 0 spiro atoms. The summed E-state index contributed by atoms with van der Waals surface area (Å²) in [5.74, 6) is -3.06. The number of aromatic hydroxyl groups is 2. The number of carbonyl (C=O) groups is 4. The number of halogens is 2. The summed E-state index contributed by atoms with van der Waals surface area (Å²) in [4.78, 5) is 58.6. The maximum atomic E-state index is 13.7. The average Bonchev–Trinajstić information content (AvgIpc) is 3.23. The number of carbonyl (C=O) groups excluding carboxylic acids is 4. The zero-order chi connectivity index (χ0) is 50.1. The number of nitrogens with two attached hydrogens (primary N) is 1. The number of piperazine rings is 2. The fraction of sp³-hybridized carbons (Fsp3) is 0.451. The Kier molecular flexibility index (Phi) is 17.6. The van der Waals surface area contributed by atoms with Crippen molar-refractivity contribution in [1.82, 2.24) is 19.6 Å². The second-order valence-corrected chi connectivity index (χ2v) is 19.4. The summed E-state index contributed by atoms with van der Waals surface area (Å²) in [5, 5.41) is 41.8. The van der Waals surface area contributed by atoms with Crippen molar-refractivity contribution in [2.75, 3.05) is 26.2 Å². The molecule has 0 saturated carbocycles. The first-order valence-electron chi connectivity index (χ1n) is 22.6. The first kappa shape index (κ1) is 52.7. The highest BCUT2D eigenvalue weighted by Crippen LogP contribution is 2.28. The Morgan fingerprint density at radius 1 is 0.632 bits per heavy atom. The number of hydrogen-bond donors (Lipinski definition) is 5. The predicted octanol–water partition coefficient (Wildman–Crippen LogP) is 6.38. The van der Waals surface area contributed by atoms with E-state index in [1.165, 1.54) is 34.1 Å². The number of aliphatic hydroxyl groups is 2. The van der Waals surface area contributed by atoms with E-state index in [0.29, 0.717) is 30.8 Å². The number of nitrogens with zero attached hydrogens (tertiary/aromatic N) is 4. The molecule has 0 aromatic heterocycles. The molecule has 2 saturated heterocycles. The third-order valence-corrected chi connectivity index (χ3v) is 11.3. The Hall–Kier alpha value is -6.30. The van der Waals surface area contributed by atoms with E-state index in [1.807, 2.05) is 60.7 Å². The summed E-state index contributed by atoms with van der Waals surface area (Å²) < 4.78 is 38.4. The quantitative estimate of drug-likeness (QED) is 0.105. The van der Waals surface area contributed by atoms with E-state index < -0.39 is 77.2 Å². The normalized spacial score (nSPS) is 18.5. The van der Waals surface area contributed by atoms with Crippen LogP contribution in [-0.4, -0.2) is 132 Å². The highest BCUT2D eigenvalue weighted by atomic mass is 19.1. The van der Waals surface area contributed by atoms with Crippen molar-refractivity contribution in [3.8, 4) is 11.5 Å². The van der Waals surface area contributed by atoms with Gasteiger partial charge in [-0.05, 0) is 107 Å². The first-order chi connectivity index (χ1) is 31.9. The fourth-order valence-electron chi connectivity index (χ4n) is 8.16. The van der Waals surface area contributed by atoms with Crippen LogP contribution in [0.3, 0.4) is 0 Å². The molecule has 15 nitrogen and oxygen atoms in total. The molecule has 6 N–H and O–H groups in total. The van der Waals surface area contributed by atoms with Gasteiger partial charge in [0.25, 0.3) is 0 Å². The van der Waals surface area contributed by atoms with E-state index in [-0.39, 0.29) is 51.3 Å². The number of phenolic OH excluding ortho intramolecular Hbond substituents is 2. The van der Waals surface area contributed by atoms with Gasteiger partial charge in [0.15, 0.2) is 0 Å². The van der Waals surface area contributed by atoms with E-state index in [2.05, 4.69) is 0 Å². The number of hydrogen-bond acceptors (Lipinski definition) is 11. The Balaban J connectivity index is 0.000000296.